The van der Waals surface area contributed by atoms with Crippen molar-refractivity contribution in [3.8, 4) is 0 Å². The fourth-order valence-electron chi connectivity index (χ4n) is 5.48. The van der Waals surface area contributed by atoms with Crippen molar-refractivity contribution in [1.82, 2.24) is 25.6 Å². The van der Waals surface area contributed by atoms with Gasteiger partial charge in [0.2, 0.25) is 0 Å². The van der Waals surface area contributed by atoms with Crippen LogP contribution in [0.3, 0.4) is 0 Å². The summed E-state index contributed by atoms with van der Waals surface area (Å²) in [5.74, 6) is -1.45. The summed E-state index contributed by atoms with van der Waals surface area (Å²) >= 11 is 0.914. The highest BCUT2D eigenvalue weighted by molar-refractivity contribution is 7.16. The van der Waals surface area contributed by atoms with Crippen LogP contribution >= 0.6 is 11.3 Å². The number of halogens is 4. The Balaban J connectivity index is 1.22. The molecule has 0 spiro atoms. The van der Waals surface area contributed by atoms with Crippen LogP contribution in [-0.2, 0) is 16.0 Å². The van der Waals surface area contributed by atoms with Crippen molar-refractivity contribution in [3.05, 3.63) is 93.9 Å². The molecule has 1 saturated heterocycles. The molecule has 0 unspecified atom stereocenters. The fraction of sp³-hybridized carbons (Fsp3) is 0.312. The van der Waals surface area contributed by atoms with Crippen LogP contribution in [0.25, 0.3) is 6.08 Å². The molecule has 1 aliphatic heterocycles. The second-order valence-electron chi connectivity index (χ2n) is 11.5. The van der Waals surface area contributed by atoms with Gasteiger partial charge in [0.1, 0.15) is 0 Å². The molecule has 3 heterocycles. The number of benzene rings is 2. The Morgan fingerprint density at radius 1 is 1.02 bits per heavy atom. The lowest BCUT2D eigenvalue weighted by Crippen LogP contribution is -2.48. The molecule has 49 heavy (non-hydrogen) atoms. The molecule has 4 aromatic rings. The van der Waals surface area contributed by atoms with Gasteiger partial charge >= 0.3 is 18.2 Å². The Morgan fingerprint density at radius 2 is 1.71 bits per heavy atom. The Labute approximate surface area is 281 Å². The number of carbonyl (C=O) groups excluding carboxylic acids is 2. The van der Waals surface area contributed by atoms with Gasteiger partial charge in [-0.15, -0.1) is 5.10 Å². The van der Waals surface area contributed by atoms with E-state index in [4.69, 9.17) is 0 Å². The summed E-state index contributed by atoms with van der Waals surface area (Å²) in [5, 5.41) is 18.4. The Bertz CT molecular complexity index is 1860. The Morgan fingerprint density at radius 3 is 2.39 bits per heavy atom. The van der Waals surface area contributed by atoms with Gasteiger partial charge in [0.05, 0.1) is 17.1 Å². The van der Waals surface area contributed by atoms with E-state index in [0.717, 1.165) is 30.3 Å². The summed E-state index contributed by atoms with van der Waals surface area (Å²) < 4.78 is 62.9. The smallest absolute Gasteiger partial charge is 0.422 e. The van der Waals surface area contributed by atoms with Gasteiger partial charge in [0, 0.05) is 17.3 Å². The minimum absolute atomic E-state index is 0.0226. The first-order valence-corrected chi connectivity index (χ1v) is 16.0. The maximum Gasteiger partial charge on any atom is 0.507 e. The summed E-state index contributed by atoms with van der Waals surface area (Å²) in [4.78, 5) is 32.4. The van der Waals surface area contributed by atoms with E-state index in [9.17, 15) is 27.2 Å². The number of thiazole rings is 1. The molecule has 12 nitrogen and oxygen atoms in total. The summed E-state index contributed by atoms with van der Waals surface area (Å²) in [6, 6.07) is 13.9. The number of rotatable bonds is 8. The number of aryl methyl sites for hydroxylation is 1. The highest BCUT2D eigenvalue weighted by Crippen LogP contribution is 2.46. The summed E-state index contributed by atoms with van der Waals surface area (Å²) in [6.45, 7) is 4.91. The monoisotopic (exact) mass is 698 g/mol. The number of nitrogens with zero attached hydrogens (tertiary/aromatic N) is 5. The SMILES string of the molecule is C=C1OC(F)(F)C(F)(F)O/C1=C/c1sc(NC(=O)N(Cc2ccc(C(=O)Nc3nn[nH]n3)cc2)c2ccc(C3CCCCC3)cc2)nc1C. The van der Waals surface area contributed by atoms with Gasteiger partial charge < -0.3 is 9.47 Å². The minimum atomic E-state index is -4.92. The maximum absolute atomic E-state index is 13.8. The molecule has 0 radical (unpaired) electrons. The molecule has 256 valence electrons. The van der Waals surface area contributed by atoms with Crippen LogP contribution in [0.15, 0.2) is 66.6 Å². The lowest BCUT2D eigenvalue weighted by Gasteiger charge is -2.32. The van der Waals surface area contributed by atoms with Gasteiger partial charge in [0.15, 0.2) is 16.6 Å². The third-order valence-electron chi connectivity index (χ3n) is 8.07. The van der Waals surface area contributed by atoms with Crippen LogP contribution in [0, 0.1) is 6.92 Å². The van der Waals surface area contributed by atoms with E-state index in [1.54, 1.807) is 31.2 Å². The summed E-state index contributed by atoms with van der Waals surface area (Å²) in [7, 11) is 0. The molecule has 0 bridgehead atoms. The largest absolute Gasteiger partial charge is 0.507 e. The second kappa shape index (κ2) is 13.7. The van der Waals surface area contributed by atoms with Crippen LogP contribution in [-0.4, -0.2) is 49.8 Å². The van der Waals surface area contributed by atoms with Crippen molar-refractivity contribution >= 4 is 46.1 Å². The molecule has 2 aromatic carbocycles. The van der Waals surface area contributed by atoms with E-state index in [2.05, 4.69) is 52.3 Å². The number of H-pyrrole nitrogens is 1. The van der Waals surface area contributed by atoms with E-state index in [1.807, 2.05) is 24.3 Å². The third kappa shape index (κ3) is 7.56. The number of amides is 3. The number of tetrazole rings is 1. The Kier molecular flexibility index (Phi) is 9.36. The third-order valence-corrected chi connectivity index (χ3v) is 9.09. The van der Waals surface area contributed by atoms with E-state index in [1.165, 1.54) is 29.7 Å². The zero-order chi connectivity index (χ0) is 34.8. The predicted octanol–water partition coefficient (Wildman–Crippen LogP) is 7.59. The Hall–Kier alpha value is -5.32. The number of hydrogen-bond donors (Lipinski definition) is 3. The number of aromatic nitrogens is 5. The van der Waals surface area contributed by atoms with Crippen molar-refractivity contribution in [3.63, 3.8) is 0 Å². The first-order chi connectivity index (χ1) is 23.4. The van der Waals surface area contributed by atoms with Crippen molar-refractivity contribution < 1.29 is 36.6 Å². The van der Waals surface area contributed by atoms with Gasteiger partial charge in [0.25, 0.3) is 11.9 Å². The lowest BCUT2D eigenvalue weighted by atomic mass is 9.84. The number of alkyl halides is 4. The van der Waals surface area contributed by atoms with Gasteiger partial charge in [-0.3, -0.25) is 20.3 Å². The number of anilines is 3. The standard InChI is InChI=1S/C32H30F4N8O4S/c1-18-26(16-25-19(2)47-31(33,34)32(35,36)48-25)49-29(37-18)39-30(46)44(24-14-12-22(13-15-24)21-6-4-3-5-7-21)17-20-8-10-23(11-9-20)27(45)38-28-40-42-43-41-28/h8-16,21H,2-7,17H2,1H3,(H,37,39,46)(H2,38,40,41,42,43,45)/b25-16+. The van der Waals surface area contributed by atoms with Crippen molar-refractivity contribution in [2.24, 2.45) is 0 Å². The van der Waals surface area contributed by atoms with Crippen LogP contribution in [0.4, 0.5) is 39.1 Å². The van der Waals surface area contributed by atoms with Gasteiger partial charge in [-0.05, 0) is 66.3 Å². The second-order valence-corrected chi connectivity index (χ2v) is 12.5. The van der Waals surface area contributed by atoms with Crippen LogP contribution in [0.5, 0.6) is 0 Å². The molecule has 1 saturated carbocycles. The molecule has 2 aromatic heterocycles. The predicted molar refractivity (Wildman–Crippen MR) is 172 cm³/mol. The number of nitrogens with one attached hydrogen (secondary N) is 3. The van der Waals surface area contributed by atoms with Gasteiger partial charge in [-0.25, -0.2) is 9.78 Å². The molecular weight excluding hydrogens is 668 g/mol. The topological polar surface area (TPSA) is 147 Å². The van der Waals surface area contributed by atoms with Gasteiger partial charge in [-0.1, -0.05) is 66.5 Å². The van der Waals surface area contributed by atoms with Crippen molar-refractivity contribution in [2.45, 2.75) is 63.7 Å². The molecule has 3 N–H and O–H groups in total. The zero-order valence-corrected chi connectivity index (χ0v) is 26.8. The maximum atomic E-state index is 13.8. The lowest BCUT2D eigenvalue weighted by molar-refractivity contribution is -0.429. The van der Waals surface area contributed by atoms with E-state index >= 15 is 0 Å². The first-order valence-electron chi connectivity index (χ1n) is 15.2. The van der Waals surface area contributed by atoms with Crippen molar-refractivity contribution in [1.29, 1.82) is 0 Å². The molecule has 1 aliphatic carbocycles. The number of carbonyl (C=O) groups is 2. The quantitative estimate of drug-likeness (QED) is 0.160. The number of hydrogen-bond acceptors (Lipinski definition) is 9. The van der Waals surface area contributed by atoms with Crippen molar-refractivity contribution in [2.75, 3.05) is 15.5 Å². The molecule has 0 atom stereocenters. The molecular formula is C32H30F4N8O4S. The summed E-state index contributed by atoms with van der Waals surface area (Å²) in [6.07, 6.45) is -2.94. The average molecular weight is 699 g/mol. The zero-order valence-electron chi connectivity index (χ0n) is 26.0. The van der Waals surface area contributed by atoms with E-state index in [-0.39, 0.29) is 22.5 Å². The van der Waals surface area contributed by atoms with E-state index < -0.39 is 35.7 Å². The molecule has 2 aliphatic rings. The number of ether oxygens (including phenoxy) is 2. The molecule has 2 fully saturated rings. The normalized spacial score (nSPS) is 18.0. The molecule has 17 heteroatoms. The minimum Gasteiger partial charge on any atom is -0.422 e. The van der Waals surface area contributed by atoms with Crippen LogP contribution in [0.1, 0.15) is 70.1 Å². The van der Waals surface area contributed by atoms with Crippen LogP contribution < -0.4 is 15.5 Å². The first kappa shape index (κ1) is 33.6. The average Bonchev–Trinajstić information content (AvgIpc) is 3.71. The molecule has 3 amide bonds. The fourth-order valence-corrected chi connectivity index (χ4v) is 6.37. The van der Waals surface area contributed by atoms with E-state index in [0.29, 0.717) is 28.4 Å². The highest BCUT2D eigenvalue weighted by Gasteiger charge is 2.66. The highest BCUT2D eigenvalue weighted by atomic mass is 32.1. The number of urea groups is 1. The molecule has 6 rings (SSSR count). The summed E-state index contributed by atoms with van der Waals surface area (Å²) in [5.41, 5.74) is 3.14. The van der Waals surface area contributed by atoms with Gasteiger partial charge in [-0.2, -0.15) is 22.8 Å². The van der Waals surface area contributed by atoms with Crippen LogP contribution in [0.2, 0.25) is 0 Å². The number of aromatic amines is 1.